The third kappa shape index (κ3) is 6.91. The van der Waals surface area contributed by atoms with Crippen LogP contribution in [0.25, 0.3) is 133 Å². The van der Waals surface area contributed by atoms with Gasteiger partial charge in [-0.3, -0.25) is 0 Å². The molecule has 0 N–H and O–H groups in total. The van der Waals surface area contributed by atoms with E-state index in [-0.39, 0.29) is 0 Å². The van der Waals surface area contributed by atoms with Gasteiger partial charge in [-0.2, -0.15) is 0 Å². The van der Waals surface area contributed by atoms with Crippen molar-refractivity contribution in [3.63, 3.8) is 0 Å². The summed E-state index contributed by atoms with van der Waals surface area (Å²) in [5.41, 5.74) is 22.8. The second-order valence-corrected chi connectivity index (χ2v) is 19.8. The Morgan fingerprint density at radius 2 is 0.649 bits per heavy atom. The minimum absolute atomic E-state index is 0.606. The number of nitrogens with zero attached hydrogens (tertiary/aromatic N) is 5. The van der Waals surface area contributed by atoms with Gasteiger partial charge in [0.15, 0.2) is 17.5 Å². The van der Waals surface area contributed by atoms with E-state index < -0.39 is 0 Å². The Kier molecular flexibility index (Phi) is 10.1. The predicted octanol–water partition coefficient (Wildman–Crippen LogP) is 7.59. The van der Waals surface area contributed by atoms with Crippen molar-refractivity contribution in [1.82, 2.24) is 24.1 Å². The fourth-order valence-corrected chi connectivity index (χ4v) is 11.5. The molecule has 14 rings (SSSR count). The van der Waals surface area contributed by atoms with E-state index in [0.717, 1.165) is 55.4 Å². The fourth-order valence-electron chi connectivity index (χ4n) is 11.5. The first-order valence-electron chi connectivity index (χ1n) is 25.3. The number of furan rings is 1. The van der Waals surface area contributed by atoms with Crippen molar-refractivity contribution in [2.75, 3.05) is 0 Å². The molecule has 6 nitrogen and oxygen atoms in total. The van der Waals surface area contributed by atoms with Crippen LogP contribution in [0.1, 0.15) is 0 Å². The molecule has 10 aromatic carbocycles. The highest BCUT2D eigenvalue weighted by atomic mass is 16.3. The van der Waals surface area contributed by atoms with Gasteiger partial charge in [0.1, 0.15) is 50.4 Å². The smallest absolute Gasteiger partial charge is 0.164 e. The summed E-state index contributed by atoms with van der Waals surface area (Å²) in [6.45, 7) is 0. The lowest BCUT2D eigenvalue weighted by atomic mass is 9.61. The second kappa shape index (κ2) is 17.0. The molecule has 0 saturated carbocycles. The van der Waals surface area contributed by atoms with Gasteiger partial charge in [0.05, 0.1) is 22.1 Å². The Morgan fingerprint density at radius 1 is 0.284 bits per heavy atom. The zero-order chi connectivity index (χ0) is 49.8. The zero-order valence-electron chi connectivity index (χ0n) is 41.8. The number of hydrogen-bond donors (Lipinski definition) is 0. The van der Waals surface area contributed by atoms with Crippen LogP contribution in [0.5, 0.6) is 0 Å². The van der Waals surface area contributed by atoms with Gasteiger partial charge in [-0.05, 0) is 107 Å². The third-order valence-electron chi connectivity index (χ3n) is 15.7. The van der Waals surface area contributed by atoms with Crippen molar-refractivity contribution in [1.29, 1.82) is 0 Å². The summed E-state index contributed by atoms with van der Waals surface area (Å²) in [6.07, 6.45) is 0. The molecule has 342 valence electrons. The fraction of sp³-hybridized carbons (Fsp3) is 0. The summed E-state index contributed by atoms with van der Waals surface area (Å²) in [6, 6.07) is 73.4. The van der Waals surface area contributed by atoms with E-state index in [1.165, 1.54) is 87.7 Å². The van der Waals surface area contributed by atoms with Crippen molar-refractivity contribution >= 4 is 132 Å². The van der Waals surface area contributed by atoms with E-state index in [2.05, 4.69) is 182 Å². The maximum atomic E-state index is 6.52. The highest BCUT2D eigenvalue weighted by molar-refractivity contribution is 6.68. The number of fused-ring (bicyclic) bond motifs is 9. The third-order valence-corrected chi connectivity index (χ3v) is 15.7. The summed E-state index contributed by atoms with van der Waals surface area (Å²) in [4.78, 5) is 15.0. The Hall–Kier alpha value is -9.07. The highest BCUT2D eigenvalue weighted by Crippen LogP contribution is 2.41. The summed E-state index contributed by atoms with van der Waals surface area (Å²) in [5, 5.41) is 6.93. The van der Waals surface area contributed by atoms with Crippen LogP contribution in [-0.2, 0) is 0 Å². The number of benzene rings is 10. The van der Waals surface area contributed by atoms with Gasteiger partial charge in [0.25, 0.3) is 0 Å². The number of rotatable bonds is 7. The standard InChI is InChI=1S/C63H44B5N5O/c64-55-56(65)58(67)60(59(68)57(55)66)73-51-26-21-38(37-20-25-50-44(30-37)43-18-10-11-19-49(43)72(50)42-16-8-3-9-17-42)31-45(51)46-32-39(22-27-52(46)73)40-23-28-53-47(33-40)48-34-41(24-29-54(48)74-53)63-70-61(35-12-4-1-5-13-35)69-62(71-63)36-14-6-2-7-15-36/h1-34H,64-68H2. The van der Waals surface area contributed by atoms with E-state index in [9.17, 15) is 0 Å². The van der Waals surface area contributed by atoms with Gasteiger partial charge in [-0.1, -0.05) is 143 Å². The SMILES string of the molecule is Bc1c(B)c(B)c(-n2c3ccc(-c4ccc5oc6ccc(-c7nc(-c8ccccc8)nc(-c8ccccc8)n7)cc6c5c4)cc3c3cc(-c4ccc5c(c4)c4ccccc4n5-c4ccccc4)ccc32)c(B)c1B. The molecule has 11 heteroatoms. The molecule has 0 atom stereocenters. The number of hydrogen-bond acceptors (Lipinski definition) is 4. The van der Waals surface area contributed by atoms with Crippen LogP contribution in [0.3, 0.4) is 0 Å². The molecule has 0 bridgehead atoms. The second-order valence-electron chi connectivity index (χ2n) is 19.8. The monoisotopic (exact) mass is 941 g/mol. The molecule has 4 aromatic heterocycles. The summed E-state index contributed by atoms with van der Waals surface area (Å²) in [7, 11) is 11.4. The average molecular weight is 941 g/mol. The van der Waals surface area contributed by atoms with Crippen LogP contribution in [-0.4, -0.2) is 63.3 Å². The van der Waals surface area contributed by atoms with Gasteiger partial charge >= 0.3 is 0 Å². The van der Waals surface area contributed by atoms with Gasteiger partial charge in [0.2, 0.25) is 0 Å². The maximum Gasteiger partial charge on any atom is 0.164 e. The number of aromatic nitrogens is 5. The quantitative estimate of drug-likeness (QED) is 0.155. The lowest BCUT2D eigenvalue weighted by Gasteiger charge is -2.22. The van der Waals surface area contributed by atoms with Crippen LogP contribution in [0, 0.1) is 0 Å². The van der Waals surface area contributed by atoms with E-state index in [0.29, 0.717) is 17.5 Å². The first-order chi connectivity index (χ1) is 36.3. The predicted molar refractivity (Wildman–Crippen MR) is 324 cm³/mol. The van der Waals surface area contributed by atoms with E-state index in [1.807, 2.05) is 72.8 Å². The molecule has 0 radical (unpaired) electrons. The Morgan fingerprint density at radius 3 is 1.18 bits per heavy atom. The summed E-state index contributed by atoms with van der Waals surface area (Å²) in [5.74, 6) is 1.86. The Labute approximate surface area is 432 Å². The molecule has 0 saturated heterocycles. The van der Waals surface area contributed by atoms with Gasteiger partial charge in [0, 0.05) is 60.4 Å². The molecule has 0 unspecified atom stereocenters. The van der Waals surface area contributed by atoms with Crippen LogP contribution in [0.15, 0.2) is 211 Å². The lowest BCUT2D eigenvalue weighted by Crippen LogP contribution is -2.56. The first kappa shape index (κ1) is 43.7. The average Bonchev–Trinajstić information content (AvgIpc) is 4.15. The summed E-state index contributed by atoms with van der Waals surface area (Å²) >= 11 is 0. The van der Waals surface area contributed by atoms with Crippen LogP contribution >= 0.6 is 0 Å². The van der Waals surface area contributed by atoms with Crippen molar-refractivity contribution in [2.24, 2.45) is 0 Å². The van der Waals surface area contributed by atoms with E-state index in [1.54, 1.807) is 0 Å². The van der Waals surface area contributed by atoms with Crippen LogP contribution in [0.4, 0.5) is 0 Å². The molecule has 0 aliphatic heterocycles. The molecule has 0 spiro atoms. The van der Waals surface area contributed by atoms with Crippen molar-refractivity contribution < 1.29 is 4.42 Å². The molecule has 0 amide bonds. The van der Waals surface area contributed by atoms with Crippen LogP contribution < -0.4 is 27.3 Å². The highest BCUT2D eigenvalue weighted by Gasteiger charge is 2.22. The Bertz CT molecular complexity index is 4520. The molecular formula is C63H44B5N5O. The van der Waals surface area contributed by atoms with Crippen molar-refractivity contribution in [3.8, 4) is 67.8 Å². The molecular weight excluding hydrogens is 897 g/mol. The lowest BCUT2D eigenvalue weighted by molar-refractivity contribution is 0.669. The normalized spacial score (nSPS) is 11.8. The van der Waals surface area contributed by atoms with Crippen molar-refractivity contribution in [3.05, 3.63) is 206 Å². The van der Waals surface area contributed by atoms with E-state index in [4.69, 9.17) is 19.4 Å². The van der Waals surface area contributed by atoms with Crippen LogP contribution in [0.2, 0.25) is 0 Å². The molecule has 14 aromatic rings. The number of para-hydroxylation sites is 2. The molecule has 0 aliphatic carbocycles. The largest absolute Gasteiger partial charge is 0.456 e. The molecule has 4 heterocycles. The first-order valence-corrected chi connectivity index (χ1v) is 25.3. The van der Waals surface area contributed by atoms with Crippen molar-refractivity contribution in [2.45, 2.75) is 0 Å². The molecule has 0 fully saturated rings. The zero-order valence-corrected chi connectivity index (χ0v) is 41.8. The topological polar surface area (TPSA) is 61.7 Å². The van der Waals surface area contributed by atoms with Gasteiger partial charge < -0.3 is 13.6 Å². The maximum absolute atomic E-state index is 6.52. The summed E-state index contributed by atoms with van der Waals surface area (Å²) < 4.78 is 11.4. The van der Waals surface area contributed by atoms with Gasteiger partial charge in [-0.15, -0.1) is 5.46 Å². The Balaban J connectivity index is 0.934. The minimum Gasteiger partial charge on any atom is -0.456 e. The van der Waals surface area contributed by atoms with E-state index >= 15 is 0 Å². The van der Waals surface area contributed by atoms with Gasteiger partial charge in [-0.25, -0.2) is 15.0 Å². The minimum atomic E-state index is 0.606. The molecule has 0 aliphatic rings. The molecule has 74 heavy (non-hydrogen) atoms.